The van der Waals surface area contributed by atoms with Crippen LogP contribution in [0.15, 0.2) is 24.3 Å². The van der Waals surface area contributed by atoms with E-state index < -0.39 is 0 Å². The molecule has 2 rings (SSSR count). The zero-order valence-corrected chi connectivity index (χ0v) is 10.8. The van der Waals surface area contributed by atoms with E-state index >= 15 is 0 Å². The van der Waals surface area contributed by atoms with Crippen molar-refractivity contribution in [1.82, 2.24) is 4.90 Å². The van der Waals surface area contributed by atoms with Crippen LogP contribution in [0.3, 0.4) is 0 Å². The van der Waals surface area contributed by atoms with Crippen molar-refractivity contribution in [1.29, 1.82) is 0 Å². The number of likely N-dealkylation sites (N-methyl/N-ethyl adjacent to an activating group) is 1. The van der Waals surface area contributed by atoms with Crippen molar-refractivity contribution in [3.63, 3.8) is 0 Å². The van der Waals surface area contributed by atoms with Gasteiger partial charge in [0, 0.05) is 30.4 Å². The Hall–Kier alpha value is -1.35. The molecule has 1 aromatic rings. The van der Waals surface area contributed by atoms with Crippen molar-refractivity contribution in [2.75, 3.05) is 32.1 Å². The first-order valence-electron chi connectivity index (χ1n) is 6.09. The molecule has 1 heterocycles. The summed E-state index contributed by atoms with van der Waals surface area (Å²) in [6, 6.07) is 8.39. The molecule has 92 valence electrons. The number of aldehydes is 1. The molecule has 3 heteroatoms. The second-order valence-corrected chi connectivity index (χ2v) is 5.09. The summed E-state index contributed by atoms with van der Waals surface area (Å²) in [4.78, 5) is 15.6. The lowest BCUT2D eigenvalue weighted by molar-refractivity contribution is 0.112. The largest absolute Gasteiger partial charge is 0.369 e. The lowest BCUT2D eigenvalue weighted by Crippen LogP contribution is -2.34. The predicted octanol–water partition coefficient (Wildman–Crippen LogP) is 1.89. The van der Waals surface area contributed by atoms with E-state index in [0.717, 1.165) is 30.6 Å². The fraction of sp³-hybridized carbons (Fsp3) is 0.500. The molecule has 0 bridgehead atoms. The van der Waals surface area contributed by atoms with Gasteiger partial charge in [-0.15, -0.1) is 0 Å². The predicted molar refractivity (Wildman–Crippen MR) is 70.7 cm³/mol. The fourth-order valence-corrected chi connectivity index (χ4v) is 2.69. The number of para-hydroxylation sites is 1. The summed E-state index contributed by atoms with van der Waals surface area (Å²) in [5.41, 5.74) is 1.86. The first-order valence-corrected chi connectivity index (χ1v) is 6.09. The monoisotopic (exact) mass is 232 g/mol. The minimum absolute atomic E-state index is 0.565. The summed E-state index contributed by atoms with van der Waals surface area (Å²) in [6.07, 6.45) is 0.947. The Morgan fingerprint density at radius 3 is 2.59 bits per heavy atom. The van der Waals surface area contributed by atoms with Gasteiger partial charge in [-0.3, -0.25) is 4.79 Å². The fourth-order valence-electron chi connectivity index (χ4n) is 2.69. The molecule has 1 aliphatic heterocycles. The number of nitrogens with zero attached hydrogens (tertiary/aromatic N) is 2. The Labute approximate surface area is 103 Å². The molecule has 0 aromatic heterocycles. The van der Waals surface area contributed by atoms with E-state index in [1.54, 1.807) is 0 Å². The van der Waals surface area contributed by atoms with E-state index in [0.29, 0.717) is 12.0 Å². The molecule has 1 saturated heterocycles. The van der Waals surface area contributed by atoms with Gasteiger partial charge in [-0.2, -0.15) is 0 Å². The molecular formula is C14H20N2O. The molecule has 17 heavy (non-hydrogen) atoms. The number of hydrogen-bond donors (Lipinski definition) is 0. The second-order valence-electron chi connectivity index (χ2n) is 5.09. The number of rotatable bonds is 3. The first-order chi connectivity index (χ1) is 8.13. The van der Waals surface area contributed by atoms with Crippen molar-refractivity contribution in [2.45, 2.75) is 13.0 Å². The van der Waals surface area contributed by atoms with Gasteiger partial charge < -0.3 is 9.80 Å². The summed E-state index contributed by atoms with van der Waals surface area (Å²) in [5, 5.41) is 0. The molecule has 0 saturated carbocycles. The van der Waals surface area contributed by atoms with Crippen LogP contribution < -0.4 is 4.90 Å². The van der Waals surface area contributed by atoms with Crippen molar-refractivity contribution in [2.24, 2.45) is 5.92 Å². The molecule has 1 aliphatic rings. The third-order valence-corrected chi connectivity index (χ3v) is 3.64. The second kappa shape index (κ2) is 4.88. The van der Waals surface area contributed by atoms with Crippen LogP contribution in [0.4, 0.5) is 5.69 Å². The Morgan fingerprint density at radius 2 is 2.00 bits per heavy atom. The molecule has 0 amide bonds. The van der Waals surface area contributed by atoms with Crippen molar-refractivity contribution >= 4 is 12.0 Å². The van der Waals surface area contributed by atoms with Crippen LogP contribution in [0, 0.1) is 5.92 Å². The molecule has 0 spiro atoms. The highest BCUT2D eigenvalue weighted by molar-refractivity contribution is 5.84. The Bertz CT molecular complexity index is 403. The highest BCUT2D eigenvalue weighted by Gasteiger charge is 2.31. The summed E-state index contributed by atoms with van der Waals surface area (Å²) >= 11 is 0. The van der Waals surface area contributed by atoms with Gasteiger partial charge in [0.25, 0.3) is 0 Å². The van der Waals surface area contributed by atoms with Gasteiger partial charge in [0.15, 0.2) is 6.29 Å². The third kappa shape index (κ3) is 2.34. The molecule has 0 aliphatic carbocycles. The average Bonchev–Trinajstić information content (AvgIpc) is 2.71. The van der Waals surface area contributed by atoms with E-state index in [9.17, 15) is 4.79 Å². The maximum Gasteiger partial charge on any atom is 0.152 e. The summed E-state index contributed by atoms with van der Waals surface area (Å²) < 4.78 is 0. The smallest absolute Gasteiger partial charge is 0.152 e. The third-order valence-electron chi connectivity index (χ3n) is 3.64. The van der Waals surface area contributed by atoms with E-state index in [4.69, 9.17) is 0 Å². The molecular weight excluding hydrogens is 212 g/mol. The van der Waals surface area contributed by atoms with E-state index in [-0.39, 0.29) is 0 Å². The highest BCUT2D eigenvalue weighted by Crippen LogP contribution is 2.27. The van der Waals surface area contributed by atoms with Gasteiger partial charge >= 0.3 is 0 Å². The van der Waals surface area contributed by atoms with Gasteiger partial charge in [0.05, 0.1) is 0 Å². The normalized spacial score (nSPS) is 24.4. The maximum atomic E-state index is 11.0. The van der Waals surface area contributed by atoms with Crippen LogP contribution in [0.5, 0.6) is 0 Å². The minimum Gasteiger partial charge on any atom is -0.369 e. The van der Waals surface area contributed by atoms with E-state index in [1.807, 2.05) is 24.3 Å². The summed E-state index contributed by atoms with van der Waals surface area (Å²) in [7, 11) is 4.24. The molecule has 3 nitrogen and oxygen atoms in total. The van der Waals surface area contributed by atoms with Gasteiger partial charge in [-0.25, -0.2) is 0 Å². The zero-order chi connectivity index (χ0) is 12.4. The lowest BCUT2D eigenvalue weighted by atomic mass is 10.1. The van der Waals surface area contributed by atoms with E-state index in [1.165, 1.54) is 0 Å². The summed E-state index contributed by atoms with van der Waals surface area (Å²) in [5.74, 6) is 0.629. The maximum absolute atomic E-state index is 11.0. The highest BCUT2D eigenvalue weighted by atomic mass is 16.1. The van der Waals surface area contributed by atoms with Crippen LogP contribution >= 0.6 is 0 Å². The molecule has 2 atom stereocenters. The SMILES string of the molecule is CC1CN(c2ccccc2C=O)CC1N(C)C. The number of anilines is 1. The summed E-state index contributed by atoms with van der Waals surface area (Å²) in [6.45, 7) is 4.29. The van der Waals surface area contributed by atoms with Crippen LogP contribution in [0.25, 0.3) is 0 Å². The Kier molecular flexibility index (Phi) is 3.48. The Balaban J connectivity index is 2.22. The molecule has 1 fully saturated rings. The average molecular weight is 232 g/mol. The number of carbonyl (C=O) groups excluding carboxylic acids is 1. The van der Waals surface area contributed by atoms with Gasteiger partial charge in [-0.05, 0) is 32.1 Å². The van der Waals surface area contributed by atoms with Crippen LogP contribution in [-0.4, -0.2) is 44.4 Å². The number of hydrogen-bond acceptors (Lipinski definition) is 3. The topological polar surface area (TPSA) is 23.6 Å². The van der Waals surface area contributed by atoms with Gasteiger partial charge in [-0.1, -0.05) is 19.1 Å². The van der Waals surface area contributed by atoms with Crippen LogP contribution in [-0.2, 0) is 0 Å². The van der Waals surface area contributed by atoms with Crippen molar-refractivity contribution in [3.05, 3.63) is 29.8 Å². The zero-order valence-electron chi connectivity index (χ0n) is 10.8. The van der Waals surface area contributed by atoms with Crippen LogP contribution in [0.1, 0.15) is 17.3 Å². The van der Waals surface area contributed by atoms with Crippen molar-refractivity contribution in [3.8, 4) is 0 Å². The molecule has 0 N–H and O–H groups in total. The molecule has 0 radical (unpaired) electrons. The quantitative estimate of drug-likeness (QED) is 0.743. The number of benzene rings is 1. The molecule has 2 unspecified atom stereocenters. The van der Waals surface area contributed by atoms with Crippen LogP contribution in [0.2, 0.25) is 0 Å². The van der Waals surface area contributed by atoms with E-state index in [2.05, 4.69) is 30.8 Å². The molecule has 1 aromatic carbocycles. The van der Waals surface area contributed by atoms with Gasteiger partial charge in [0.1, 0.15) is 0 Å². The standard InChI is InChI=1S/C14H20N2O/c1-11-8-16(9-14(11)15(2)3)13-7-5-4-6-12(13)10-17/h4-7,10-11,14H,8-9H2,1-3H3. The number of carbonyl (C=O) groups is 1. The van der Waals surface area contributed by atoms with Gasteiger partial charge in [0.2, 0.25) is 0 Å². The minimum atomic E-state index is 0.565. The van der Waals surface area contributed by atoms with Crippen molar-refractivity contribution < 1.29 is 4.79 Å². The lowest BCUT2D eigenvalue weighted by Gasteiger charge is -2.23. The Morgan fingerprint density at radius 1 is 1.29 bits per heavy atom. The first kappa shape index (κ1) is 12.1.